The van der Waals surface area contributed by atoms with E-state index in [1.165, 1.54) is 11.1 Å². The van der Waals surface area contributed by atoms with Crippen LogP contribution in [-0.4, -0.2) is 23.9 Å². The maximum Gasteiger partial charge on any atom is 0.0276 e. The Labute approximate surface area is 90.7 Å². The molecule has 0 radical (unpaired) electrons. The molecule has 1 fully saturated rings. The Kier molecular flexibility index (Phi) is 3.09. The first-order valence-corrected chi connectivity index (χ1v) is 5.65. The van der Waals surface area contributed by atoms with E-state index in [0.29, 0.717) is 0 Å². The number of halogens is 1. The minimum Gasteiger partial charge on any atom is -0.298 e. The van der Waals surface area contributed by atoms with Gasteiger partial charge in [-0.3, -0.25) is 4.90 Å². The third-order valence-corrected chi connectivity index (χ3v) is 3.21. The van der Waals surface area contributed by atoms with Crippen LogP contribution in [0, 0.1) is 12.8 Å². The lowest BCUT2D eigenvalue weighted by atomic mass is 10.0. The van der Waals surface area contributed by atoms with E-state index in [1.54, 1.807) is 0 Å². The van der Waals surface area contributed by atoms with Crippen LogP contribution in [0.1, 0.15) is 11.1 Å². The molecule has 0 amide bonds. The Morgan fingerprint density at radius 3 is 2.50 bits per heavy atom. The Hall–Kier alpha value is -0.530. The molecule has 0 spiro atoms. The highest BCUT2D eigenvalue weighted by Crippen LogP contribution is 2.19. The van der Waals surface area contributed by atoms with Crippen LogP contribution < -0.4 is 0 Å². The number of likely N-dealkylation sites (tertiary alicyclic amines) is 1. The van der Waals surface area contributed by atoms with Gasteiger partial charge in [0.2, 0.25) is 0 Å². The highest BCUT2D eigenvalue weighted by molar-refractivity contribution is 6.18. The summed E-state index contributed by atoms with van der Waals surface area (Å²) in [6.45, 7) is 5.53. The zero-order valence-electron chi connectivity index (χ0n) is 8.54. The van der Waals surface area contributed by atoms with Gasteiger partial charge in [0.25, 0.3) is 0 Å². The minimum absolute atomic E-state index is 0.724. The standard InChI is InChI=1S/C12H16ClN/c1-10-2-4-11(5-3-10)7-14-8-12(6-13)9-14/h2-5,12H,6-9H2,1H3. The van der Waals surface area contributed by atoms with E-state index in [2.05, 4.69) is 36.1 Å². The van der Waals surface area contributed by atoms with Crippen molar-refractivity contribution in [1.29, 1.82) is 0 Å². The van der Waals surface area contributed by atoms with Crippen LogP contribution in [0.3, 0.4) is 0 Å². The van der Waals surface area contributed by atoms with Gasteiger partial charge in [-0.1, -0.05) is 29.8 Å². The highest BCUT2D eigenvalue weighted by atomic mass is 35.5. The number of alkyl halides is 1. The van der Waals surface area contributed by atoms with Crippen molar-refractivity contribution in [3.05, 3.63) is 35.4 Å². The summed E-state index contributed by atoms with van der Waals surface area (Å²) in [6.07, 6.45) is 0. The van der Waals surface area contributed by atoms with Gasteiger partial charge in [-0.2, -0.15) is 0 Å². The van der Waals surface area contributed by atoms with E-state index in [9.17, 15) is 0 Å². The molecule has 0 atom stereocenters. The summed E-state index contributed by atoms with van der Waals surface area (Å²) in [7, 11) is 0. The molecule has 0 aromatic heterocycles. The zero-order valence-corrected chi connectivity index (χ0v) is 9.30. The summed E-state index contributed by atoms with van der Waals surface area (Å²) in [6, 6.07) is 8.77. The molecule has 0 bridgehead atoms. The van der Waals surface area contributed by atoms with Gasteiger partial charge in [-0.25, -0.2) is 0 Å². The van der Waals surface area contributed by atoms with Crippen LogP contribution in [0.4, 0.5) is 0 Å². The van der Waals surface area contributed by atoms with Gasteiger partial charge in [0.05, 0.1) is 0 Å². The summed E-state index contributed by atoms with van der Waals surface area (Å²) in [5, 5.41) is 0. The topological polar surface area (TPSA) is 3.24 Å². The average Bonchev–Trinajstić information content (AvgIpc) is 2.13. The molecular formula is C12H16ClN. The lowest BCUT2D eigenvalue weighted by Gasteiger charge is -2.38. The molecule has 0 saturated carbocycles. The van der Waals surface area contributed by atoms with Crippen LogP contribution >= 0.6 is 11.6 Å². The normalized spacial score (nSPS) is 18.1. The van der Waals surface area contributed by atoms with E-state index >= 15 is 0 Å². The summed E-state index contributed by atoms with van der Waals surface area (Å²) >= 11 is 5.77. The summed E-state index contributed by atoms with van der Waals surface area (Å²) in [5.41, 5.74) is 2.74. The van der Waals surface area contributed by atoms with Crippen LogP contribution in [-0.2, 0) is 6.54 Å². The van der Waals surface area contributed by atoms with Crippen LogP contribution in [0.2, 0.25) is 0 Å². The first-order chi connectivity index (χ1) is 6.78. The number of rotatable bonds is 3. The monoisotopic (exact) mass is 209 g/mol. The molecule has 2 heteroatoms. The minimum atomic E-state index is 0.724. The van der Waals surface area contributed by atoms with Crippen LogP contribution in [0.25, 0.3) is 0 Å². The van der Waals surface area contributed by atoms with Crippen LogP contribution in [0.15, 0.2) is 24.3 Å². The Bertz CT molecular complexity index is 288. The molecule has 1 heterocycles. The van der Waals surface area contributed by atoms with Crippen molar-refractivity contribution in [2.75, 3.05) is 19.0 Å². The second kappa shape index (κ2) is 4.33. The first-order valence-electron chi connectivity index (χ1n) is 5.12. The SMILES string of the molecule is Cc1ccc(CN2CC(CCl)C2)cc1. The van der Waals surface area contributed by atoms with Crippen molar-refractivity contribution < 1.29 is 0 Å². The van der Waals surface area contributed by atoms with Gasteiger partial charge in [0, 0.05) is 25.5 Å². The number of benzene rings is 1. The Morgan fingerprint density at radius 1 is 1.29 bits per heavy atom. The number of hydrogen-bond acceptors (Lipinski definition) is 1. The molecule has 0 unspecified atom stereocenters. The summed E-state index contributed by atoms with van der Waals surface area (Å²) in [5.74, 6) is 1.53. The smallest absolute Gasteiger partial charge is 0.0276 e. The molecule has 1 aromatic rings. The van der Waals surface area contributed by atoms with E-state index in [4.69, 9.17) is 11.6 Å². The molecule has 1 nitrogen and oxygen atoms in total. The van der Waals surface area contributed by atoms with E-state index in [1.807, 2.05) is 0 Å². The third kappa shape index (κ3) is 2.28. The second-order valence-corrected chi connectivity index (χ2v) is 4.51. The number of nitrogens with zero attached hydrogens (tertiary/aromatic N) is 1. The quantitative estimate of drug-likeness (QED) is 0.692. The molecule has 1 aromatic carbocycles. The molecule has 0 aliphatic carbocycles. The maximum absolute atomic E-state index is 5.77. The maximum atomic E-state index is 5.77. The average molecular weight is 210 g/mol. The lowest BCUT2D eigenvalue weighted by molar-refractivity contribution is 0.107. The summed E-state index contributed by atoms with van der Waals surface area (Å²) < 4.78 is 0. The number of aryl methyl sites for hydroxylation is 1. The fourth-order valence-corrected chi connectivity index (χ4v) is 2.05. The van der Waals surface area contributed by atoms with Crippen molar-refractivity contribution >= 4 is 11.6 Å². The van der Waals surface area contributed by atoms with Gasteiger partial charge in [-0.05, 0) is 18.4 Å². The first kappa shape index (κ1) is 10.0. The molecule has 1 saturated heterocycles. The Morgan fingerprint density at radius 2 is 1.93 bits per heavy atom. The Balaban J connectivity index is 1.84. The molecule has 14 heavy (non-hydrogen) atoms. The number of hydrogen-bond donors (Lipinski definition) is 0. The van der Waals surface area contributed by atoms with E-state index in [0.717, 1.165) is 31.4 Å². The fraction of sp³-hybridized carbons (Fsp3) is 0.500. The summed E-state index contributed by atoms with van der Waals surface area (Å²) in [4.78, 5) is 2.44. The van der Waals surface area contributed by atoms with Crippen molar-refractivity contribution in [3.8, 4) is 0 Å². The van der Waals surface area contributed by atoms with Gasteiger partial charge in [-0.15, -0.1) is 11.6 Å². The largest absolute Gasteiger partial charge is 0.298 e. The zero-order chi connectivity index (χ0) is 9.97. The predicted octanol–water partition coefficient (Wildman–Crippen LogP) is 2.67. The molecule has 1 aliphatic rings. The van der Waals surface area contributed by atoms with Gasteiger partial charge < -0.3 is 0 Å². The van der Waals surface area contributed by atoms with Crippen molar-refractivity contribution in [3.63, 3.8) is 0 Å². The van der Waals surface area contributed by atoms with Crippen LogP contribution in [0.5, 0.6) is 0 Å². The van der Waals surface area contributed by atoms with Crippen molar-refractivity contribution in [2.24, 2.45) is 5.92 Å². The molecule has 2 rings (SSSR count). The van der Waals surface area contributed by atoms with Crippen molar-refractivity contribution in [1.82, 2.24) is 4.90 Å². The highest BCUT2D eigenvalue weighted by Gasteiger charge is 2.25. The van der Waals surface area contributed by atoms with Gasteiger partial charge in [0.15, 0.2) is 0 Å². The molecular weight excluding hydrogens is 194 g/mol. The lowest BCUT2D eigenvalue weighted by Crippen LogP contribution is -2.46. The van der Waals surface area contributed by atoms with Gasteiger partial charge in [0.1, 0.15) is 0 Å². The molecule has 76 valence electrons. The molecule has 1 aliphatic heterocycles. The fourth-order valence-electron chi connectivity index (χ4n) is 1.86. The van der Waals surface area contributed by atoms with E-state index < -0.39 is 0 Å². The third-order valence-electron chi connectivity index (χ3n) is 2.78. The van der Waals surface area contributed by atoms with E-state index in [-0.39, 0.29) is 0 Å². The molecule has 0 N–H and O–H groups in total. The van der Waals surface area contributed by atoms with Gasteiger partial charge >= 0.3 is 0 Å². The predicted molar refractivity (Wildman–Crippen MR) is 60.7 cm³/mol. The van der Waals surface area contributed by atoms with Crippen molar-refractivity contribution in [2.45, 2.75) is 13.5 Å². The second-order valence-electron chi connectivity index (χ2n) is 4.20.